The molecule has 1 radical (unpaired) electrons. The number of carbonyl (C=O) groups is 1. The third-order valence-corrected chi connectivity index (χ3v) is 5.73. The van der Waals surface area contributed by atoms with Crippen LogP contribution in [-0.2, 0) is 4.79 Å². The van der Waals surface area contributed by atoms with Crippen LogP contribution in [0.4, 0.5) is 0 Å². The highest BCUT2D eigenvalue weighted by Crippen LogP contribution is 2.29. The number of hydrogen-bond donors (Lipinski definition) is 0. The molecule has 155 valence electrons. The predicted molar refractivity (Wildman–Crippen MR) is 118 cm³/mol. The molecule has 0 spiro atoms. The molecule has 0 saturated heterocycles. The van der Waals surface area contributed by atoms with E-state index in [2.05, 4.69) is 20.8 Å². The Kier molecular flexibility index (Phi) is 20.7. The van der Waals surface area contributed by atoms with Crippen LogP contribution in [0.15, 0.2) is 0 Å². The summed E-state index contributed by atoms with van der Waals surface area (Å²) in [5.41, 5.74) is 0. The molecule has 0 aliphatic carbocycles. The lowest BCUT2D eigenvalue weighted by molar-refractivity contribution is -0.111. The number of hydrogen-bond acceptors (Lipinski definition) is 1. The molecule has 1 unspecified atom stereocenters. The van der Waals surface area contributed by atoms with E-state index in [1.54, 1.807) is 5.92 Å². The van der Waals surface area contributed by atoms with Crippen LogP contribution >= 0.6 is 0 Å². The minimum Gasteiger partial charge on any atom is -0.303 e. The maximum Gasteiger partial charge on any atom is 0.123 e. The first-order valence-electron chi connectivity index (χ1n) is 12.1. The third-order valence-electron chi connectivity index (χ3n) is 5.73. The molecular formula is C25H49O. The Morgan fingerprint density at radius 3 is 1.50 bits per heavy atom. The molecule has 0 aliphatic heterocycles. The first-order chi connectivity index (χ1) is 12.8. The first kappa shape index (κ1) is 25.7. The molecule has 0 heterocycles. The van der Waals surface area contributed by atoms with Crippen molar-refractivity contribution in [3.8, 4) is 0 Å². The number of carbonyl (C=O) groups excluding carboxylic acids is 1. The fourth-order valence-electron chi connectivity index (χ4n) is 3.99. The summed E-state index contributed by atoms with van der Waals surface area (Å²) >= 11 is 0. The molecule has 0 aromatic rings. The fourth-order valence-corrected chi connectivity index (χ4v) is 3.99. The van der Waals surface area contributed by atoms with Crippen molar-refractivity contribution in [2.45, 2.75) is 143 Å². The topological polar surface area (TPSA) is 17.1 Å². The molecule has 1 heteroatoms. The van der Waals surface area contributed by atoms with E-state index in [9.17, 15) is 4.79 Å². The second-order valence-electron chi connectivity index (χ2n) is 8.29. The van der Waals surface area contributed by atoms with Crippen LogP contribution in [0.5, 0.6) is 0 Å². The fraction of sp³-hybridized carbons (Fsp3) is 0.920. The minimum atomic E-state index is 0.245. The van der Waals surface area contributed by atoms with Crippen molar-refractivity contribution in [1.82, 2.24) is 0 Å². The van der Waals surface area contributed by atoms with Gasteiger partial charge >= 0.3 is 0 Å². The molecule has 0 aromatic heterocycles. The Balaban J connectivity index is 3.65. The summed E-state index contributed by atoms with van der Waals surface area (Å²) in [6, 6.07) is 0. The maximum atomic E-state index is 11.5. The van der Waals surface area contributed by atoms with E-state index in [4.69, 9.17) is 0 Å². The molecule has 26 heavy (non-hydrogen) atoms. The highest BCUT2D eigenvalue weighted by Gasteiger charge is 2.20. The molecule has 1 nitrogen and oxygen atoms in total. The summed E-state index contributed by atoms with van der Waals surface area (Å²) in [4.78, 5) is 11.5. The van der Waals surface area contributed by atoms with Crippen molar-refractivity contribution in [2.24, 2.45) is 5.92 Å². The summed E-state index contributed by atoms with van der Waals surface area (Å²) in [5.74, 6) is 1.79. The average Bonchev–Trinajstić information content (AvgIpc) is 2.65. The average molecular weight is 366 g/mol. The standard InChI is InChI=1S/C25H49O/c1-4-7-9-10-11-12-13-14-15-16-17-19-21-24(20-6-3)25(23-26)22-18-8-5-2/h23,25H,4-22H2,1-3H3. The smallest absolute Gasteiger partial charge is 0.123 e. The molecule has 0 rings (SSSR count). The Bertz CT molecular complexity index is 273. The van der Waals surface area contributed by atoms with Gasteiger partial charge in [-0.1, -0.05) is 124 Å². The second kappa shape index (κ2) is 21.0. The third kappa shape index (κ3) is 15.9. The lowest BCUT2D eigenvalue weighted by atomic mass is 9.82. The van der Waals surface area contributed by atoms with Gasteiger partial charge in [-0.3, -0.25) is 0 Å². The molecule has 0 aliphatic rings. The number of rotatable bonds is 21. The Morgan fingerprint density at radius 1 is 0.577 bits per heavy atom. The van der Waals surface area contributed by atoms with Gasteiger partial charge in [-0.2, -0.15) is 0 Å². The molecule has 1 atom stereocenters. The Morgan fingerprint density at radius 2 is 1.04 bits per heavy atom. The molecule has 0 fully saturated rings. The van der Waals surface area contributed by atoms with Gasteiger partial charge < -0.3 is 4.79 Å². The van der Waals surface area contributed by atoms with Gasteiger partial charge in [0.25, 0.3) is 0 Å². The molecule has 0 amide bonds. The van der Waals surface area contributed by atoms with Gasteiger partial charge in [0.15, 0.2) is 0 Å². The summed E-state index contributed by atoms with van der Waals surface area (Å²) < 4.78 is 0. The van der Waals surface area contributed by atoms with Crippen molar-refractivity contribution in [1.29, 1.82) is 0 Å². The Labute approximate surface area is 166 Å². The highest BCUT2D eigenvalue weighted by molar-refractivity contribution is 5.57. The molecule has 0 bridgehead atoms. The van der Waals surface area contributed by atoms with Gasteiger partial charge in [0.05, 0.1) is 0 Å². The highest BCUT2D eigenvalue weighted by atomic mass is 16.1. The van der Waals surface area contributed by atoms with Crippen molar-refractivity contribution in [3.05, 3.63) is 5.92 Å². The van der Waals surface area contributed by atoms with Crippen LogP contribution in [0.3, 0.4) is 0 Å². The van der Waals surface area contributed by atoms with Crippen LogP contribution in [0.2, 0.25) is 0 Å². The van der Waals surface area contributed by atoms with Gasteiger partial charge in [0, 0.05) is 5.92 Å². The van der Waals surface area contributed by atoms with Gasteiger partial charge in [0.2, 0.25) is 0 Å². The zero-order valence-electron chi connectivity index (χ0n) is 18.5. The van der Waals surface area contributed by atoms with Crippen LogP contribution in [0.25, 0.3) is 0 Å². The summed E-state index contributed by atoms with van der Waals surface area (Å²) in [5, 5.41) is 0. The summed E-state index contributed by atoms with van der Waals surface area (Å²) in [6.45, 7) is 6.77. The molecule has 0 saturated carbocycles. The SMILES string of the molecule is CCCCCCCCCCCCCC[C](CCC)C(C=O)CCCCC. The van der Waals surface area contributed by atoms with Crippen molar-refractivity contribution in [2.75, 3.05) is 0 Å². The van der Waals surface area contributed by atoms with Crippen molar-refractivity contribution < 1.29 is 4.79 Å². The van der Waals surface area contributed by atoms with E-state index in [1.165, 1.54) is 115 Å². The van der Waals surface area contributed by atoms with Gasteiger partial charge in [0.1, 0.15) is 6.29 Å². The van der Waals surface area contributed by atoms with E-state index in [-0.39, 0.29) is 5.92 Å². The molecule has 0 aromatic carbocycles. The van der Waals surface area contributed by atoms with Gasteiger partial charge in [-0.15, -0.1) is 0 Å². The van der Waals surface area contributed by atoms with Crippen molar-refractivity contribution >= 4 is 6.29 Å². The maximum absolute atomic E-state index is 11.5. The largest absolute Gasteiger partial charge is 0.303 e. The Hall–Kier alpha value is -0.330. The minimum absolute atomic E-state index is 0.245. The zero-order chi connectivity index (χ0) is 19.3. The van der Waals surface area contributed by atoms with Crippen molar-refractivity contribution in [3.63, 3.8) is 0 Å². The molecule has 0 N–H and O–H groups in total. The molecular weight excluding hydrogens is 316 g/mol. The monoisotopic (exact) mass is 365 g/mol. The quantitative estimate of drug-likeness (QED) is 0.147. The van der Waals surface area contributed by atoms with Gasteiger partial charge in [-0.25, -0.2) is 0 Å². The van der Waals surface area contributed by atoms with E-state index in [0.29, 0.717) is 0 Å². The van der Waals surface area contributed by atoms with Crippen LogP contribution in [0, 0.1) is 11.8 Å². The zero-order valence-corrected chi connectivity index (χ0v) is 18.5. The first-order valence-corrected chi connectivity index (χ1v) is 12.1. The van der Waals surface area contributed by atoms with E-state index in [0.717, 1.165) is 12.8 Å². The lowest BCUT2D eigenvalue weighted by Gasteiger charge is -2.22. The summed E-state index contributed by atoms with van der Waals surface area (Å²) in [6.07, 6.45) is 26.4. The lowest BCUT2D eigenvalue weighted by Crippen LogP contribution is -2.14. The van der Waals surface area contributed by atoms with Gasteiger partial charge in [-0.05, 0) is 25.2 Å². The van der Waals surface area contributed by atoms with Crippen LogP contribution < -0.4 is 0 Å². The number of aldehydes is 1. The normalized spacial score (nSPS) is 12.6. The van der Waals surface area contributed by atoms with E-state index < -0.39 is 0 Å². The second-order valence-corrected chi connectivity index (χ2v) is 8.29. The van der Waals surface area contributed by atoms with Crippen LogP contribution in [0.1, 0.15) is 143 Å². The van der Waals surface area contributed by atoms with E-state index in [1.807, 2.05) is 0 Å². The van der Waals surface area contributed by atoms with Crippen LogP contribution in [-0.4, -0.2) is 6.29 Å². The van der Waals surface area contributed by atoms with E-state index >= 15 is 0 Å². The summed E-state index contributed by atoms with van der Waals surface area (Å²) in [7, 11) is 0. The number of unbranched alkanes of at least 4 members (excludes halogenated alkanes) is 13. The predicted octanol–water partition coefficient (Wildman–Crippen LogP) is 8.85.